The van der Waals surface area contributed by atoms with Crippen molar-refractivity contribution in [3.8, 4) is 0 Å². The molecule has 0 aliphatic carbocycles. The maximum absolute atomic E-state index is 12.6. The average molecular weight is 209 g/mol. The Hall–Kier alpha value is -0.360. The number of ether oxygens (including phenoxy) is 1. The van der Waals surface area contributed by atoms with E-state index in [1.807, 2.05) is 0 Å². The highest BCUT2D eigenvalue weighted by molar-refractivity contribution is 6.22. The van der Waals surface area contributed by atoms with Crippen molar-refractivity contribution >= 4 is 11.6 Å². The van der Waals surface area contributed by atoms with E-state index in [2.05, 4.69) is 16.3 Å². The van der Waals surface area contributed by atoms with Crippen LogP contribution < -0.4 is 0 Å². The standard InChI is InChI=1S/C5H2ClF5O/c6-5(10,11)3(7)1-2-4(8,9)12-3/h1-2H/t3-/m0/s1. The van der Waals surface area contributed by atoms with Gasteiger partial charge in [0.05, 0.1) is 0 Å². The van der Waals surface area contributed by atoms with Crippen LogP contribution in [0.1, 0.15) is 0 Å². The third-order valence-electron chi connectivity index (χ3n) is 1.16. The van der Waals surface area contributed by atoms with Crippen molar-refractivity contribution in [3.63, 3.8) is 0 Å². The summed E-state index contributed by atoms with van der Waals surface area (Å²) in [6.07, 6.45) is -4.27. The minimum atomic E-state index is -4.51. The molecule has 1 heterocycles. The van der Waals surface area contributed by atoms with E-state index >= 15 is 0 Å². The molecule has 1 nitrogen and oxygen atoms in total. The first-order valence-electron chi connectivity index (χ1n) is 2.70. The van der Waals surface area contributed by atoms with Crippen LogP contribution in [0.2, 0.25) is 0 Å². The molecule has 0 N–H and O–H groups in total. The van der Waals surface area contributed by atoms with Gasteiger partial charge in [0.15, 0.2) is 0 Å². The van der Waals surface area contributed by atoms with Crippen LogP contribution in [0.4, 0.5) is 22.0 Å². The second-order valence-corrected chi connectivity index (χ2v) is 2.61. The van der Waals surface area contributed by atoms with Gasteiger partial charge in [-0.05, 0) is 17.7 Å². The lowest BCUT2D eigenvalue weighted by molar-refractivity contribution is -0.312. The van der Waals surface area contributed by atoms with Gasteiger partial charge in [-0.25, -0.2) is 0 Å². The van der Waals surface area contributed by atoms with Crippen molar-refractivity contribution in [2.45, 2.75) is 17.3 Å². The zero-order valence-corrected chi connectivity index (χ0v) is 6.09. The van der Waals surface area contributed by atoms with E-state index in [0.717, 1.165) is 0 Å². The lowest BCUT2D eigenvalue weighted by atomic mass is 10.3. The predicted molar refractivity (Wildman–Crippen MR) is 29.8 cm³/mol. The smallest absolute Gasteiger partial charge is 0.269 e. The fourth-order valence-corrected chi connectivity index (χ4v) is 0.724. The molecule has 0 aromatic carbocycles. The largest absolute Gasteiger partial charge is 0.383 e. The first kappa shape index (κ1) is 9.73. The number of alkyl halides is 6. The van der Waals surface area contributed by atoms with E-state index in [4.69, 9.17) is 0 Å². The zero-order chi connectivity index (χ0) is 9.62. The van der Waals surface area contributed by atoms with Crippen molar-refractivity contribution in [3.05, 3.63) is 12.2 Å². The zero-order valence-electron chi connectivity index (χ0n) is 5.33. The highest BCUT2D eigenvalue weighted by Gasteiger charge is 2.61. The predicted octanol–water partition coefficient (Wildman–Crippen LogP) is 2.66. The van der Waals surface area contributed by atoms with Gasteiger partial charge >= 0.3 is 17.3 Å². The van der Waals surface area contributed by atoms with Crippen molar-refractivity contribution in [1.82, 2.24) is 0 Å². The molecule has 70 valence electrons. The number of rotatable bonds is 1. The fraction of sp³-hybridized carbons (Fsp3) is 0.600. The molecule has 0 spiro atoms. The number of hydrogen-bond donors (Lipinski definition) is 0. The molecule has 0 aromatic rings. The van der Waals surface area contributed by atoms with Gasteiger partial charge in [0, 0.05) is 6.08 Å². The van der Waals surface area contributed by atoms with E-state index < -0.39 is 17.3 Å². The highest BCUT2D eigenvalue weighted by atomic mass is 35.5. The molecule has 7 heteroatoms. The lowest BCUT2D eigenvalue weighted by Crippen LogP contribution is -2.41. The van der Waals surface area contributed by atoms with Gasteiger partial charge in [-0.15, -0.1) is 0 Å². The Balaban J connectivity index is 2.88. The van der Waals surface area contributed by atoms with Crippen LogP contribution in [0.3, 0.4) is 0 Å². The Morgan fingerprint density at radius 1 is 1.17 bits per heavy atom. The summed E-state index contributed by atoms with van der Waals surface area (Å²) in [4.78, 5) is 0. The molecular formula is C5H2ClF5O. The van der Waals surface area contributed by atoms with Crippen molar-refractivity contribution in [1.29, 1.82) is 0 Å². The van der Waals surface area contributed by atoms with Gasteiger partial charge in [0.25, 0.3) is 0 Å². The monoisotopic (exact) mass is 208 g/mol. The van der Waals surface area contributed by atoms with E-state index in [1.165, 1.54) is 0 Å². The normalized spacial score (nSPS) is 34.2. The topological polar surface area (TPSA) is 9.23 Å². The quantitative estimate of drug-likeness (QED) is 0.366. The second kappa shape index (κ2) is 2.32. The summed E-state index contributed by atoms with van der Waals surface area (Å²) in [5.74, 6) is -3.93. The molecule has 0 fully saturated rings. The molecule has 0 radical (unpaired) electrons. The van der Waals surface area contributed by atoms with Gasteiger partial charge in [-0.1, -0.05) is 0 Å². The van der Waals surface area contributed by atoms with Crippen LogP contribution in [0.5, 0.6) is 0 Å². The van der Waals surface area contributed by atoms with Crippen LogP contribution in [-0.4, -0.2) is 17.3 Å². The first-order chi connectivity index (χ1) is 5.16. The molecule has 12 heavy (non-hydrogen) atoms. The molecule has 1 aliphatic rings. The molecule has 0 saturated carbocycles. The van der Waals surface area contributed by atoms with E-state index in [-0.39, 0.29) is 12.2 Å². The third-order valence-corrected chi connectivity index (χ3v) is 1.42. The van der Waals surface area contributed by atoms with Crippen molar-refractivity contribution < 1.29 is 26.7 Å². The van der Waals surface area contributed by atoms with E-state index in [1.54, 1.807) is 0 Å². The molecule has 0 aromatic heterocycles. The van der Waals surface area contributed by atoms with Gasteiger partial charge in [-0.3, -0.25) is 4.74 Å². The van der Waals surface area contributed by atoms with Crippen molar-refractivity contribution in [2.75, 3.05) is 0 Å². The Morgan fingerprint density at radius 3 is 1.83 bits per heavy atom. The van der Waals surface area contributed by atoms with Crippen LogP contribution in [-0.2, 0) is 4.74 Å². The van der Waals surface area contributed by atoms with Crippen LogP contribution in [0.25, 0.3) is 0 Å². The van der Waals surface area contributed by atoms with Crippen molar-refractivity contribution in [2.24, 2.45) is 0 Å². The summed E-state index contributed by atoms with van der Waals surface area (Å²) in [6, 6.07) is 0. The maximum atomic E-state index is 12.6. The Morgan fingerprint density at radius 2 is 1.67 bits per heavy atom. The molecular weight excluding hydrogens is 206 g/mol. The van der Waals surface area contributed by atoms with Crippen LogP contribution in [0, 0.1) is 0 Å². The second-order valence-electron chi connectivity index (χ2n) is 2.14. The molecule has 0 unspecified atom stereocenters. The van der Waals surface area contributed by atoms with Crippen LogP contribution >= 0.6 is 11.6 Å². The number of hydrogen-bond acceptors (Lipinski definition) is 1. The molecule has 0 amide bonds. The van der Waals surface area contributed by atoms with Gasteiger partial charge in [0.1, 0.15) is 0 Å². The SMILES string of the molecule is FC1(F)C=C[C@@](F)(C(F)(F)Cl)O1. The van der Waals surface area contributed by atoms with Gasteiger partial charge < -0.3 is 0 Å². The van der Waals surface area contributed by atoms with Gasteiger partial charge in [0.2, 0.25) is 0 Å². The summed E-state index contributed by atoms with van der Waals surface area (Å²) >= 11 is 4.19. The van der Waals surface area contributed by atoms with E-state index in [0.29, 0.717) is 0 Å². The number of halogens is 6. The fourth-order valence-electron chi connectivity index (χ4n) is 0.623. The first-order valence-corrected chi connectivity index (χ1v) is 3.08. The maximum Gasteiger partial charge on any atom is 0.383 e. The van der Waals surface area contributed by atoms with E-state index in [9.17, 15) is 22.0 Å². The summed E-state index contributed by atoms with van der Waals surface area (Å²) < 4.78 is 63.9. The molecule has 1 aliphatic heterocycles. The minimum Gasteiger partial charge on any atom is -0.269 e. The lowest BCUT2D eigenvalue weighted by Gasteiger charge is -2.23. The van der Waals surface area contributed by atoms with Gasteiger partial charge in [-0.2, -0.15) is 22.0 Å². The highest BCUT2D eigenvalue weighted by Crippen LogP contribution is 2.46. The van der Waals surface area contributed by atoms with Crippen LogP contribution in [0.15, 0.2) is 12.2 Å². The minimum absolute atomic E-state index is 0.111. The summed E-state index contributed by atoms with van der Waals surface area (Å²) in [5, 5.41) is -4.51. The third kappa shape index (κ3) is 1.54. The molecule has 0 saturated heterocycles. The molecule has 1 atom stereocenters. The summed E-state index contributed by atoms with van der Waals surface area (Å²) in [5.41, 5.74) is 0. The molecule has 0 bridgehead atoms. The summed E-state index contributed by atoms with van der Waals surface area (Å²) in [6.45, 7) is 0. The average Bonchev–Trinajstić information content (AvgIpc) is 2.05. The Kier molecular flexibility index (Phi) is 1.88. The Labute approximate surface area is 68.7 Å². The molecule has 1 rings (SSSR count). The Bertz CT molecular complexity index is 222. The summed E-state index contributed by atoms with van der Waals surface area (Å²) in [7, 11) is 0.